The maximum atomic E-state index is 12.9. The number of hydrogen-bond donors (Lipinski definition) is 0. The number of hydrogen-bond acceptors (Lipinski definition) is 4. The molecule has 7 nitrogen and oxygen atoms in total. The zero-order chi connectivity index (χ0) is 19.8. The van der Waals surface area contributed by atoms with E-state index in [1.54, 1.807) is 17.0 Å². The molecule has 0 bridgehead atoms. The number of rotatable bonds is 3. The van der Waals surface area contributed by atoms with E-state index in [9.17, 15) is 13.2 Å². The van der Waals surface area contributed by atoms with E-state index < -0.39 is 10.2 Å². The molecule has 0 aliphatic carbocycles. The van der Waals surface area contributed by atoms with E-state index in [1.165, 1.54) is 14.7 Å². The minimum Gasteiger partial charge on any atom is -0.373 e. The summed E-state index contributed by atoms with van der Waals surface area (Å²) in [4.78, 5) is 14.3. The molecule has 1 aromatic rings. The summed E-state index contributed by atoms with van der Waals surface area (Å²) in [5, 5.41) is 0.750. The van der Waals surface area contributed by atoms with Crippen LogP contribution in [0.1, 0.15) is 24.2 Å². The molecule has 2 atom stereocenters. The first-order valence-corrected chi connectivity index (χ1v) is 11.0. The number of morpholine rings is 1. The van der Waals surface area contributed by atoms with Crippen molar-refractivity contribution in [2.24, 2.45) is 0 Å². The molecule has 2 saturated heterocycles. The van der Waals surface area contributed by atoms with E-state index in [2.05, 4.69) is 0 Å². The molecular formula is C17H23Cl2N3O4S. The zero-order valence-corrected chi connectivity index (χ0v) is 17.6. The monoisotopic (exact) mass is 435 g/mol. The third-order valence-corrected chi connectivity index (χ3v) is 7.24. The summed E-state index contributed by atoms with van der Waals surface area (Å²) in [5.41, 5.74) is 0.369. The van der Waals surface area contributed by atoms with Crippen LogP contribution in [0.15, 0.2) is 18.2 Å². The van der Waals surface area contributed by atoms with Crippen molar-refractivity contribution >= 4 is 39.3 Å². The fourth-order valence-corrected chi connectivity index (χ4v) is 5.67. The van der Waals surface area contributed by atoms with Gasteiger partial charge in [0.1, 0.15) is 0 Å². The summed E-state index contributed by atoms with van der Waals surface area (Å²) >= 11 is 12.0. The SMILES string of the molecule is C[C@@H]1CN(S(=O)(=O)N2CCN(C(=O)c3ccc(Cl)cc3Cl)CC2)C[C@H](C)O1. The van der Waals surface area contributed by atoms with Gasteiger partial charge in [-0.3, -0.25) is 4.79 Å². The third-order valence-electron chi connectivity index (χ3n) is 4.73. The van der Waals surface area contributed by atoms with Crippen LogP contribution < -0.4 is 0 Å². The van der Waals surface area contributed by atoms with E-state index in [4.69, 9.17) is 27.9 Å². The number of carbonyl (C=O) groups excluding carboxylic acids is 1. The van der Waals surface area contributed by atoms with Crippen molar-refractivity contribution in [1.29, 1.82) is 0 Å². The lowest BCUT2D eigenvalue weighted by Crippen LogP contribution is -2.57. The Labute approximate surface area is 169 Å². The van der Waals surface area contributed by atoms with Gasteiger partial charge >= 0.3 is 0 Å². The van der Waals surface area contributed by atoms with Crippen LogP contribution in [0.5, 0.6) is 0 Å². The summed E-state index contributed by atoms with van der Waals surface area (Å²) in [6, 6.07) is 4.73. The van der Waals surface area contributed by atoms with Gasteiger partial charge in [-0.05, 0) is 32.0 Å². The van der Waals surface area contributed by atoms with Crippen molar-refractivity contribution < 1.29 is 17.9 Å². The first-order chi connectivity index (χ1) is 12.7. The van der Waals surface area contributed by atoms with Crippen molar-refractivity contribution in [2.45, 2.75) is 26.1 Å². The quantitative estimate of drug-likeness (QED) is 0.728. The van der Waals surface area contributed by atoms with Crippen molar-refractivity contribution in [2.75, 3.05) is 39.3 Å². The molecular weight excluding hydrogens is 413 g/mol. The van der Waals surface area contributed by atoms with E-state index >= 15 is 0 Å². The normalized spacial score (nSPS) is 25.6. The summed E-state index contributed by atoms with van der Waals surface area (Å²) in [6.45, 7) is 5.53. The van der Waals surface area contributed by atoms with Crippen LogP contribution in [0.4, 0.5) is 0 Å². The van der Waals surface area contributed by atoms with Gasteiger partial charge in [0.15, 0.2) is 0 Å². The van der Waals surface area contributed by atoms with Gasteiger partial charge in [0.25, 0.3) is 16.1 Å². The van der Waals surface area contributed by atoms with Gasteiger partial charge in [0.05, 0.1) is 22.8 Å². The van der Waals surface area contributed by atoms with Gasteiger partial charge in [0.2, 0.25) is 0 Å². The fourth-order valence-electron chi connectivity index (χ4n) is 3.44. The molecule has 0 unspecified atom stereocenters. The minimum atomic E-state index is -3.57. The van der Waals surface area contributed by atoms with Crippen molar-refractivity contribution in [3.63, 3.8) is 0 Å². The van der Waals surface area contributed by atoms with Crippen LogP contribution in [0, 0.1) is 0 Å². The Bertz CT molecular complexity index is 802. The van der Waals surface area contributed by atoms with Crippen LogP contribution in [-0.4, -0.2) is 79.3 Å². The Balaban J connectivity index is 1.65. The molecule has 0 N–H and O–H groups in total. The highest BCUT2D eigenvalue weighted by Gasteiger charge is 2.37. The lowest BCUT2D eigenvalue weighted by atomic mass is 10.2. The maximum Gasteiger partial charge on any atom is 0.282 e. The molecule has 1 aromatic carbocycles. The number of benzene rings is 1. The maximum absolute atomic E-state index is 12.9. The molecule has 27 heavy (non-hydrogen) atoms. The third kappa shape index (κ3) is 4.58. The predicted molar refractivity (Wildman–Crippen MR) is 104 cm³/mol. The summed E-state index contributed by atoms with van der Waals surface area (Å²) in [5.74, 6) is -0.220. The Morgan fingerprint density at radius 1 is 1.04 bits per heavy atom. The fraction of sp³-hybridized carbons (Fsp3) is 0.588. The van der Waals surface area contributed by atoms with Crippen molar-refractivity contribution in [3.05, 3.63) is 33.8 Å². The van der Waals surface area contributed by atoms with E-state index in [1.807, 2.05) is 13.8 Å². The van der Waals surface area contributed by atoms with Crippen LogP contribution in [0.25, 0.3) is 0 Å². The minimum absolute atomic E-state index is 0.140. The van der Waals surface area contributed by atoms with Crippen molar-refractivity contribution in [3.8, 4) is 0 Å². The molecule has 0 aromatic heterocycles. The Hall–Kier alpha value is -0.900. The predicted octanol–water partition coefficient (Wildman–Crippen LogP) is 2.11. The largest absolute Gasteiger partial charge is 0.373 e. The molecule has 10 heteroatoms. The zero-order valence-electron chi connectivity index (χ0n) is 15.3. The Morgan fingerprint density at radius 2 is 1.63 bits per heavy atom. The number of amides is 1. The van der Waals surface area contributed by atoms with Crippen LogP contribution in [0.2, 0.25) is 10.0 Å². The number of piperazine rings is 1. The van der Waals surface area contributed by atoms with E-state index in [-0.39, 0.29) is 31.2 Å². The molecule has 2 aliphatic rings. The second-order valence-corrected chi connectivity index (χ2v) is 9.67. The first kappa shape index (κ1) is 20.8. The highest BCUT2D eigenvalue weighted by molar-refractivity contribution is 7.86. The highest BCUT2D eigenvalue weighted by Crippen LogP contribution is 2.24. The standard InChI is InChI=1S/C17H23Cl2N3O4S/c1-12-10-22(11-13(2)26-12)27(24,25)21-7-5-20(6-8-21)17(23)15-4-3-14(18)9-16(15)19/h3-4,9,12-13H,5-8,10-11H2,1-2H3/t12-,13+. The van der Waals surface area contributed by atoms with Gasteiger partial charge in [-0.2, -0.15) is 17.0 Å². The van der Waals surface area contributed by atoms with Gasteiger partial charge in [-0.25, -0.2) is 0 Å². The molecule has 150 valence electrons. The molecule has 2 heterocycles. The second kappa shape index (κ2) is 8.23. The van der Waals surface area contributed by atoms with E-state index in [0.717, 1.165) is 0 Å². The van der Waals surface area contributed by atoms with E-state index in [0.29, 0.717) is 41.8 Å². The number of nitrogens with zero attached hydrogens (tertiary/aromatic N) is 3. The number of ether oxygens (including phenoxy) is 1. The van der Waals surface area contributed by atoms with Crippen molar-refractivity contribution in [1.82, 2.24) is 13.5 Å². The Kier molecular flexibility index (Phi) is 6.34. The summed E-state index contributed by atoms with van der Waals surface area (Å²) in [6.07, 6.45) is -0.281. The molecule has 0 radical (unpaired) electrons. The lowest BCUT2D eigenvalue weighted by molar-refractivity contribution is -0.0457. The Morgan fingerprint density at radius 3 is 2.19 bits per heavy atom. The average molecular weight is 436 g/mol. The van der Waals surface area contributed by atoms with Gasteiger partial charge in [-0.1, -0.05) is 23.2 Å². The van der Waals surface area contributed by atoms with Crippen LogP contribution in [0.3, 0.4) is 0 Å². The molecule has 3 rings (SSSR count). The molecule has 2 aliphatic heterocycles. The molecule has 0 saturated carbocycles. The number of carbonyl (C=O) groups is 1. The molecule has 1 amide bonds. The lowest BCUT2D eigenvalue weighted by Gasteiger charge is -2.40. The number of halogens is 2. The van der Waals surface area contributed by atoms with Crippen LogP contribution in [-0.2, 0) is 14.9 Å². The topological polar surface area (TPSA) is 70.2 Å². The summed E-state index contributed by atoms with van der Waals surface area (Å²) in [7, 11) is -3.57. The van der Waals surface area contributed by atoms with Gasteiger partial charge < -0.3 is 9.64 Å². The smallest absolute Gasteiger partial charge is 0.282 e. The van der Waals surface area contributed by atoms with Crippen LogP contribution >= 0.6 is 23.2 Å². The second-order valence-electron chi connectivity index (χ2n) is 6.90. The first-order valence-electron chi connectivity index (χ1n) is 8.83. The molecule has 2 fully saturated rings. The summed E-state index contributed by atoms with van der Waals surface area (Å²) < 4.78 is 34.4. The average Bonchev–Trinajstić information content (AvgIpc) is 2.60. The molecule has 0 spiro atoms. The highest BCUT2D eigenvalue weighted by atomic mass is 35.5. The van der Waals surface area contributed by atoms with Gasteiger partial charge in [0, 0.05) is 44.3 Å². The van der Waals surface area contributed by atoms with Gasteiger partial charge in [-0.15, -0.1) is 0 Å².